The average Bonchev–Trinajstić information content (AvgIpc) is 2.41. The summed E-state index contributed by atoms with van der Waals surface area (Å²) < 4.78 is 13.9. The number of carbonyl (C=O) groups excluding carboxylic acids is 1. The number of hydrogen-bond acceptors (Lipinski definition) is 4. The molecule has 0 atom stereocenters. The van der Waals surface area contributed by atoms with Crippen LogP contribution in [0.25, 0.3) is 0 Å². The van der Waals surface area contributed by atoms with Gasteiger partial charge in [-0.05, 0) is 34.1 Å². The molecule has 2 aromatic rings. The SMILES string of the molecule is CNc1ncc(F)cc1C(=O)Nc1ccc(Br)cn1. The molecule has 5 nitrogen and oxygen atoms in total. The van der Waals surface area contributed by atoms with Crippen LogP contribution in [0, 0.1) is 5.82 Å². The van der Waals surface area contributed by atoms with Crippen LogP contribution in [-0.4, -0.2) is 22.9 Å². The molecule has 0 saturated carbocycles. The van der Waals surface area contributed by atoms with Gasteiger partial charge in [0.15, 0.2) is 0 Å². The highest BCUT2D eigenvalue weighted by atomic mass is 79.9. The molecular formula is C12H10BrFN4O. The van der Waals surface area contributed by atoms with E-state index in [9.17, 15) is 9.18 Å². The predicted molar refractivity (Wildman–Crippen MR) is 73.6 cm³/mol. The molecule has 0 aliphatic rings. The van der Waals surface area contributed by atoms with E-state index in [1.54, 1.807) is 25.4 Å². The number of nitrogens with one attached hydrogen (secondary N) is 2. The van der Waals surface area contributed by atoms with E-state index in [0.29, 0.717) is 11.6 Å². The van der Waals surface area contributed by atoms with E-state index in [2.05, 4.69) is 36.5 Å². The van der Waals surface area contributed by atoms with Gasteiger partial charge in [-0.15, -0.1) is 0 Å². The molecule has 2 rings (SSSR count). The number of anilines is 2. The van der Waals surface area contributed by atoms with E-state index in [4.69, 9.17) is 0 Å². The predicted octanol–water partition coefficient (Wildman–Crippen LogP) is 2.67. The van der Waals surface area contributed by atoms with Gasteiger partial charge < -0.3 is 10.6 Å². The molecule has 0 fully saturated rings. The van der Waals surface area contributed by atoms with Crippen molar-refractivity contribution in [3.8, 4) is 0 Å². The van der Waals surface area contributed by atoms with Crippen molar-refractivity contribution in [3.63, 3.8) is 0 Å². The van der Waals surface area contributed by atoms with Gasteiger partial charge in [-0.3, -0.25) is 4.79 Å². The molecule has 0 spiro atoms. The Morgan fingerprint density at radius 3 is 2.74 bits per heavy atom. The number of rotatable bonds is 3. The van der Waals surface area contributed by atoms with Crippen molar-refractivity contribution in [2.24, 2.45) is 0 Å². The molecule has 2 aromatic heterocycles. The Balaban J connectivity index is 2.24. The second kappa shape index (κ2) is 5.75. The molecule has 7 heteroatoms. The Kier molecular flexibility index (Phi) is 4.06. The first-order valence-corrected chi connectivity index (χ1v) is 6.15. The molecule has 2 N–H and O–H groups in total. The summed E-state index contributed by atoms with van der Waals surface area (Å²) in [6.45, 7) is 0. The molecule has 0 bridgehead atoms. The summed E-state index contributed by atoms with van der Waals surface area (Å²) in [7, 11) is 1.61. The third-order valence-corrected chi connectivity index (χ3v) is 2.77. The largest absolute Gasteiger partial charge is 0.372 e. The highest BCUT2D eigenvalue weighted by Crippen LogP contribution is 2.16. The highest BCUT2D eigenvalue weighted by Gasteiger charge is 2.13. The van der Waals surface area contributed by atoms with Crippen LogP contribution >= 0.6 is 15.9 Å². The molecular weight excluding hydrogens is 315 g/mol. The molecule has 0 aliphatic carbocycles. The van der Waals surface area contributed by atoms with Crippen LogP contribution in [0.3, 0.4) is 0 Å². The maximum atomic E-state index is 13.1. The van der Waals surface area contributed by atoms with Crippen molar-refractivity contribution in [1.29, 1.82) is 0 Å². The molecule has 19 heavy (non-hydrogen) atoms. The Morgan fingerprint density at radius 2 is 2.11 bits per heavy atom. The summed E-state index contributed by atoms with van der Waals surface area (Å²) in [5, 5.41) is 5.30. The van der Waals surface area contributed by atoms with Gasteiger partial charge in [-0.1, -0.05) is 0 Å². The Morgan fingerprint density at radius 1 is 1.32 bits per heavy atom. The van der Waals surface area contributed by atoms with Crippen molar-refractivity contribution >= 4 is 33.5 Å². The van der Waals surface area contributed by atoms with Crippen LogP contribution < -0.4 is 10.6 Å². The normalized spacial score (nSPS) is 10.1. The summed E-state index contributed by atoms with van der Waals surface area (Å²) in [5.41, 5.74) is 0.118. The van der Waals surface area contributed by atoms with E-state index >= 15 is 0 Å². The number of halogens is 2. The quantitative estimate of drug-likeness (QED) is 0.910. The average molecular weight is 325 g/mol. The summed E-state index contributed by atoms with van der Waals surface area (Å²) in [5.74, 6) is -0.380. The lowest BCUT2D eigenvalue weighted by Gasteiger charge is -2.08. The zero-order valence-electron chi connectivity index (χ0n) is 9.95. The molecule has 0 aliphatic heterocycles. The van der Waals surface area contributed by atoms with Gasteiger partial charge >= 0.3 is 0 Å². The topological polar surface area (TPSA) is 66.9 Å². The minimum absolute atomic E-state index is 0.118. The maximum absolute atomic E-state index is 13.1. The smallest absolute Gasteiger partial charge is 0.260 e. The monoisotopic (exact) mass is 324 g/mol. The lowest BCUT2D eigenvalue weighted by atomic mass is 10.2. The third-order valence-electron chi connectivity index (χ3n) is 2.30. The Bertz CT molecular complexity index is 603. The highest BCUT2D eigenvalue weighted by molar-refractivity contribution is 9.10. The molecule has 1 amide bonds. The molecule has 0 unspecified atom stereocenters. The van der Waals surface area contributed by atoms with Crippen molar-refractivity contribution in [2.75, 3.05) is 17.7 Å². The zero-order valence-corrected chi connectivity index (χ0v) is 11.5. The number of pyridine rings is 2. The van der Waals surface area contributed by atoms with Gasteiger partial charge in [0.25, 0.3) is 5.91 Å². The van der Waals surface area contributed by atoms with Crippen LogP contribution in [-0.2, 0) is 0 Å². The van der Waals surface area contributed by atoms with Crippen molar-refractivity contribution in [3.05, 3.63) is 46.4 Å². The molecule has 98 valence electrons. The van der Waals surface area contributed by atoms with Crippen molar-refractivity contribution in [1.82, 2.24) is 9.97 Å². The van der Waals surface area contributed by atoms with Crippen LogP contribution in [0.2, 0.25) is 0 Å². The van der Waals surface area contributed by atoms with E-state index in [-0.39, 0.29) is 5.56 Å². The van der Waals surface area contributed by atoms with E-state index in [1.807, 2.05) is 0 Å². The van der Waals surface area contributed by atoms with Gasteiger partial charge in [0.1, 0.15) is 17.5 Å². The Hall–Kier alpha value is -2.02. The summed E-state index contributed by atoms with van der Waals surface area (Å²) >= 11 is 3.24. The first-order valence-electron chi connectivity index (χ1n) is 5.36. The van der Waals surface area contributed by atoms with Gasteiger partial charge in [0.05, 0.1) is 11.8 Å². The third kappa shape index (κ3) is 3.25. The Labute approximate surface area is 117 Å². The number of hydrogen-bond donors (Lipinski definition) is 2. The second-order valence-electron chi connectivity index (χ2n) is 3.62. The number of aromatic nitrogens is 2. The van der Waals surface area contributed by atoms with Gasteiger partial charge in [-0.2, -0.15) is 0 Å². The van der Waals surface area contributed by atoms with E-state index in [0.717, 1.165) is 16.7 Å². The van der Waals surface area contributed by atoms with Crippen LogP contribution in [0.4, 0.5) is 16.0 Å². The summed E-state index contributed by atoms with van der Waals surface area (Å²) in [6, 6.07) is 4.49. The number of carbonyl (C=O) groups is 1. The molecule has 0 saturated heterocycles. The fraction of sp³-hybridized carbons (Fsp3) is 0.0833. The summed E-state index contributed by atoms with van der Waals surface area (Å²) in [4.78, 5) is 19.8. The first kappa shape index (κ1) is 13.4. The summed E-state index contributed by atoms with van der Waals surface area (Å²) in [6.07, 6.45) is 2.60. The molecule has 0 radical (unpaired) electrons. The molecule has 0 aromatic carbocycles. The second-order valence-corrected chi connectivity index (χ2v) is 4.53. The number of amides is 1. The maximum Gasteiger partial charge on any atom is 0.260 e. The fourth-order valence-electron chi connectivity index (χ4n) is 1.44. The minimum Gasteiger partial charge on any atom is -0.372 e. The van der Waals surface area contributed by atoms with Crippen molar-refractivity contribution < 1.29 is 9.18 Å². The standard InChI is InChI=1S/C12H10BrFN4O/c1-15-11-9(4-8(14)6-17-11)12(19)18-10-3-2-7(13)5-16-10/h2-6H,1H3,(H,15,17)(H,16,18,19). The fourth-order valence-corrected chi connectivity index (χ4v) is 1.68. The van der Waals surface area contributed by atoms with Crippen LogP contribution in [0.1, 0.15) is 10.4 Å². The van der Waals surface area contributed by atoms with Crippen LogP contribution in [0.5, 0.6) is 0 Å². The number of nitrogens with zero attached hydrogens (tertiary/aromatic N) is 2. The van der Waals surface area contributed by atoms with Crippen molar-refractivity contribution in [2.45, 2.75) is 0 Å². The lowest BCUT2D eigenvalue weighted by molar-refractivity contribution is 0.102. The zero-order chi connectivity index (χ0) is 13.8. The van der Waals surface area contributed by atoms with Crippen LogP contribution in [0.15, 0.2) is 35.1 Å². The van der Waals surface area contributed by atoms with Gasteiger partial charge in [0, 0.05) is 17.7 Å². The minimum atomic E-state index is -0.576. The first-order chi connectivity index (χ1) is 9.10. The van der Waals surface area contributed by atoms with Gasteiger partial charge in [-0.25, -0.2) is 14.4 Å². The van der Waals surface area contributed by atoms with Gasteiger partial charge in [0.2, 0.25) is 0 Å². The van der Waals surface area contributed by atoms with E-state index < -0.39 is 11.7 Å². The van der Waals surface area contributed by atoms with E-state index in [1.165, 1.54) is 0 Å². The lowest BCUT2D eigenvalue weighted by Crippen LogP contribution is -2.16. The molecule has 2 heterocycles.